The Morgan fingerprint density at radius 2 is 2.07 bits per heavy atom. The molecule has 0 atom stereocenters. The SMILES string of the molecule is C#CCOc1ccc(/C=N\Nc2nc(-c3ccc(Br)cc3)cs2)cc1OC. The third-order valence-corrected chi connectivity index (χ3v) is 4.79. The van der Waals surface area contributed by atoms with Gasteiger partial charge in [0.05, 0.1) is 19.0 Å². The van der Waals surface area contributed by atoms with E-state index in [0.29, 0.717) is 16.6 Å². The van der Waals surface area contributed by atoms with Crippen LogP contribution >= 0.6 is 27.3 Å². The summed E-state index contributed by atoms with van der Waals surface area (Å²) in [5, 5.41) is 6.94. The smallest absolute Gasteiger partial charge is 0.203 e. The number of hydrazone groups is 1. The number of halogens is 1. The molecule has 1 heterocycles. The zero-order valence-corrected chi connectivity index (χ0v) is 16.9. The van der Waals surface area contributed by atoms with Crippen molar-refractivity contribution in [2.45, 2.75) is 0 Å². The second-order valence-corrected chi connectivity index (χ2v) is 7.09. The molecule has 1 N–H and O–H groups in total. The fraction of sp³-hybridized carbons (Fsp3) is 0.100. The van der Waals surface area contributed by atoms with Gasteiger partial charge in [-0.2, -0.15) is 5.10 Å². The van der Waals surface area contributed by atoms with Gasteiger partial charge in [0.2, 0.25) is 5.13 Å². The molecule has 0 unspecified atom stereocenters. The minimum Gasteiger partial charge on any atom is -0.493 e. The summed E-state index contributed by atoms with van der Waals surface area (Å²) in [4.78, 5) is 4.54. The highest BCUT2D eigenvalue weighted by Crippen LogP contribution is 2.28. The van der Waals surface area contributed by atoms with Crippen LogP contribution in [-0.4, -0.2) is 24.9 Å². The first-order chi connectivity index (χ1) is 13.2. The average molecular weight is 442 g/mol. The number of hydrogen-bond acceptors (Lipinski definition) is 6. The molecule has 0 aliphatic heterocycles. The summed E-state index contributed by atoms with van der Waals surface area (Å²) in [6.45, 7) is 0.191. The molecule has 0 aliphatic rings. The first-order valence-corrected chi connectivity index (χ1v) is 9.61. The van der Waals surface area contributed by atoms with E-state index in [2.05, 4.69) is 37.4 Å². The van der Waals surface area contributed by atoms with Crippen LogP contribution in [0.25, 0.3) is 11.3 Å². The Kier molecular flexibility index (Phi) is 6.47. The molecule has 0 radical (unpaired) electrons. The van der Waals surface area contributed by atoms with Gasteiger partial charge in [-0.05, 0) is 35.9 Å². The summed E-state index contributed by atoms with van der Waals surface area (Å²) in [6.07, 6.45) is 6.90. The highest BCUT2D eigenvalue weighted by molar-refractivity contribution is 9.10. The van der Waals surface area contributed by atoms with Crippen molar-refractivity contribution in [3.05, 3.63) is 57.9 Å². The van der Waals surface area contributed by atoms with Crippen LogP contribution in [0.3, 0.4) is 0 Å². The molecule has 136 valence electrons. The Morgan fingerprint density at radius 1 is 1.26 bits per heavy atom. The molecular weight excluding hydrogens is 426 g/mol. The van der Waals surface area contributed by atoms with Crippen molar-refractivity contribution >= 4 is 38.6 Å². The second-order valence-electron chi connectivity index (χ2n) is 5.32. The van der Waals surface area contributed by atoms with E-state index in [0.717, 1.165) is 21.3 Å². The lowest BCUT2D eigenvalue weighted by Gasteiger charge is -2.08. The van der Waals surface area contributed by atoms with Crippen molar-refractivity contribution in [3.63, 3.8) is 0 Å². The molecule has 0 saturated carbocycles. The Balaban J connectivity index is 1.65. The van der Waals surface area contributed by atoms with Crippen molar-refractivity contribution in [2.24, 2.45) is 5.10 Å². The van der Waals surface area contributed by atoms with E-state index in [1.54, 1.807) is 19.4 Å². The number of thiazole rings is 1. The van der Waals surface area contributed by atoms with Gasteiger partial charge in [-0.15, -0.1) is 17.8 Å². The van der Waals surface area contributed by atoms with Crippen LogP contribution in [0.5, 0.6) is 11.5 Å². The largest absolute Gasteiger partial charge is 0.493 e. The molecule has 27 heavy (non-hydrogen) atoms. The van der Waals surface area contributed by atoms with E-state index in [9.17, 15) is 0 Å². The summed E-state index contributed by atoms with van der Waals surface area (Å²) in [7, 11) is 1.58. The summed E-state index contributed by atoms with van der Waals surface area (Å²) >= 11 is 4.92. The monoisotopic (exact) mass is 441 g/mol. The van der Waals surface area contributed by atoms with Gasteiger partial charge in [-0.1, -0.05) is 34.0 Å². The van der Waals surface area contributed by atoms with E-state index in [4.69, 9.17) is 15.9 Å². The molecule has 2 aromatic carbocycles. The zero-order valence-electron chi connectivity index (χ0n) is 14.5. The van der Waals surface area contributed by atoms with Crippen LogP contribution in [0.1, 0.15) is 5.56 Å². The lowest BCUT2D eigenvalue weighted by Crippen LogP contribution is -1.98. The van der Waals surface area contributed by atoms with Crippen molar-refractivity contribution in [1.82, 2.24) is 4.98 Å². The van der Waals surface area contributed by atoms with Crippen molar-refractivity contribution in [2.75, 3.05) is 19.1 Å². The van der Waals surface area contributed by atoms with Crippen molar-refractivity contribution < 1.29 is 9.47 Å². The van der Waals surface area contributed by atoms with Crippen LogP contribution in [-0.2, 0) is 0 Å². The highest BCUT2D eigenvalue weighted by Gasteiger charge is 2.05. The predicted octanol–water partition coefficient (Wildman–Crippen LogP) is 5.04. The van der Waals surface area contributed by atoms with Gasteiger partial charge in [-0.25, -0.2) is 4.98 Å². The minimum absolute atomic E-state index is 0.191. The summed E-state index contributed by atoms with van der Waals surface area (Å²) in [6, 6.07) is 13.5. The maximum Gasteiger partial charge on any atom is 0.203 e. The molecule has 0 bridgehead atoms. The van der Waals surface area contributed by atoms with E-state index < -0.39 is 0 Å². The van der Waals surface area contributed by atoms with Gasteiger partial charge < -0.3 is 9.47 Å². The standard InChI is InChI=1S/C20H16BrN3O2S/c1-3-10-26-18-9-4-14(11-19(18)25-2)12-22-24-20-23-17(13-27-20)15-5-7-16(21)8-6-15/h1,4-9,11-13H,10H2,2H3,(H,23,24)/b22-12-. The molecule has 0 fully saturated rings. The zero-order chi connectivity index (χ0) is 19.1. The Bertz CT molecular complexity index is 978. The fourth-order valence-corrected chi connectivity index (χ4v) is 3.18. The molecule has 0 saturated heterocycles. The van der Waals surface area contributed by atoms with Crippen LogP contribution in [0, 0.1) is 12.3 Å². The topological polar surface area (TPSA) is 55.7 Å². The molecule has 0 amide bonds. The first-order valence-electron chi connectivity index (χ1n) is 7.94. The maximum absolute atomic E-state index is 5.43. The third kappa shape index (κ3) is 5.09. The normalized spacial score (nSPS) is 10.6. The third-order valence-electron chi connectivity index (χ3n) is 3.52. The van der Waals surface area contributed by atoms with Gasteiger partial charge in [-0.3, -0.25) is 5.43 Å². The molecule has 1 aromatic heterocycles. The molecule has 0 spiro atoms. The summed E-state index contributed by atoms with van der Waals surface area (Å²) in [5.41, 5.74) is 5.77. The van der Waals surface area contributed by atoms with E-state index in [1.807, 2.05) is 41.8 Å². The number of nitrogens with one attached hydrogen (secondary N) is 1. The Hall–Kier alpha value is -2.82. The summed E-state index contributed by atoms with van der Waals surface area (Å²) in [5.74, 6) is 3.62. The lowest BCUT2D eigenvalue weighted by atomic mass is 10.2. The molecule has 3 aromatic rings. The number of rotatable bonds is 7. The maximum atomic E-state index is 5.43. The number of terminal acetylenes is 1. The number of hydrogen-bond donors (Lipinski definition) is 1. The molecule has 5 nitrogen and oxygen atoms in total. The quantitative estimate of drug-likeness (QED) is 0.317. The number of methoxy groups -OCH3 is 1. The molecule has 3 rings (SSSR count). The Morgan fingerprint density at radius 3 is 2.81 bits per heavy atom. The van der Waals surface area contributed by atoms with Crippen molar-refractivity contribution in [1.29, 1.82) is 0 Å². The van der Waals surface area contributed by atoms with Crippen LogP contribution in [0.15, 0.2) is 57.4 Å². The van der Waals surface area contributed by atoms with E-state index in [1.165, 1.54) is 11.3 Å². The summed E-state index contributed by atoms with van der Waals surface area (Å²) < 4.78 is 11.8. The Labute approximate surface area is 170 Å². The fourth-order valence-electron chi connectivity index (χ4n) is 2.24. The molecule has 0 aliphatic carbocycles. The average Bonchev–Trinajstić information content (AvgIpc) is 3.16. The number of nitrogens with zero attached hydrogens (tertiary/aromatic N) is 2. The minimum atomic E-state index is 0.191. The number of ether oxygens (including phenoxy) is 2. The van der Waals surface area contributed by atoms with Gasteiger partial charge in [0.25, 0.3) is 0 Å². The van der Waals surface area contributed by atoms with Gasteiger partial charge >= 0.3 is 0 Å². The van der Waals surface area contributed by atoms with Crippen LogP contribution in [0.2, 0.25) is 0 Å². The number of benzene rings is 2. The number of aromatic nitrogens is 1. The van der Waals surface area contributed by atoms with Crippen LogP contribution < -0.4 is 14.9 Å². The molecular formula is C20H16BrN3O2S. The second kappa shape index (κ2) is 9.21. The van der Waals surface area contributed by atoms with Gasteiger partial charge in [0.1, 0.15) is 6.61 Å². The van der Waals surface area contributed by atoms with Gasteiger partial charge in [0, 0.05) is 15.4 Å². The predicted molar refractivity (Wildman–Crippen MR) is 114 cm³/mol. The lowest BCUT2D eigenvalue weighted by molar-refractivity contribution is 0.331. The van der Waals surface area contributed by atoms with Crippen molar-refractivity contribution in [3.8, 4) is 35.1 Å². The van der Waals surface area contributed by atoms with E-state index >= 15 is 0 Å². The van der Waals surface area contributed by atoms with Crippen LogP contribution in [0.4, 0.5) is 5.13 Å². The highest BCUT2D eigenvalue weighted by atomic mass is 79.9. The number of anilines is 1. The molecule has 7 heteroatoms. The van der Waals surface area contributed by atoms with E-state index in [-0.39, 0.29) is 6.61 Å². The first kappa shape index (κ1) is 19.0. The van der Waals surface area contributed by atoms with Gasteiger partial charge in [0.15, 0.2) is 11.5 Å².